The summed E-state index contributed by atoms with van der Waals surface area (Å²) in [7, 11) is 0. The molecule has 50 heavy (non-hydrogen) atoms. The van der Waals surface area contributed by atoms with E-state index >= 15 is 0 Å². The summed E-state index contributed by atoms with van der Waals surface area (Å²) < 4.78 is 2.55. The number of hydrogen-bond donors (Lipinski definition) is 1. The Balaban J connectivity index is 0.000000367. The van der Waals surface area contributed by atoms with Crippen molar-refractivity contribution in [3.63, 3.8) is 0 Å². The predicted molar refractivity (Wildman–Crippen MR) is 215 cm³/mol. The third kappa shape index (κ3) is 6.34. The lowest BCUT2D eigenvalue weighted by molar-refractivity contribution is 0.815. The highest BCUT2D eigenvalue weighted by atomic mass is 15.0. The van der Waals surface area contributed by atoms with Gasteiger partial charge >= 0.3 is 0 Å². The molecule has 5 nitrogen and oxygen atoms in total. The summed E-state index contributed by atoms with van der Waals surface area (Å²) in [5, 5.41) is 1.20. The summed E-state index contributed by atoms with van der Waals surface area (Å²) in [6, 6.07) is 18.9. The van der Waals surface area contributed by atoms with E-state index in [4.69, 9.17) is 9.97 Å². The Hall–Kier alpha value is -4.77. The van der Waals surface area contributed by atoms with Crippen molar-refractivity contribution in [2.24, 2.45) is 0 Å². The second-order valence-electron chi connectivity index (χ2n) is 13.0. The molecule has 2 aliphatic rings. The Morgan fingerprint density at radius 1 is 0.600 bits per heavy atom. The zero-order valence-corrected chi connectivity index (χ0v) is 31.4. The molecule has 5 aromatic rings. The summed E-state index contributed by atoms with van der Waals surface area (Å²) in [6.07, 6.45) is 13.0. The highest BCUT2D eigenvalue weighted by Gasteiger charge is 2.26. The van der Waals surface area contributed by atoms with Crippen molar-refractivity contribution in [1.82, 2.24) is 24.5 Å². The molecule has 0 fully saturated rings. The van der Waals surface area contributed by atoms with Gasteiger partial charge in [0.25, 0.3) is 0 Å². The molecule has 7 rings (SSSR count). The molecule has 1 aromatic carbocycles. The van der Waals surface area contributed by atoms with Gasteiger partial charge in [-0.05, 0) is 122 Å². The molecule has 0 saturated heterocycles. The average Bonchev–Trinajstić information content (AvgIpc) is 3.93. The van der Waals surface area contributed by atoms with Gasteiger partial charge in [0, 0.05) is 45.8 Å². The summed E-state index contributed by atoms with van der Waals surface area (Å²) in [5.41, 5.74) is 20.4. The lowest BCUT2D eigenvalue weighted by atomic mass is 9.93. The summed E-state index contributed by atoms with van der Waals surface area (Å²) in [6.45, 7) is 19.2. The molecule has 6 heterocycles. The normalized spacial score (nSPS) is 12.5. The Kier molecular flexibility index (Phi) is 10.8. The minimum Gasteiger partial charge on any atom is -0.355 e. The quantitative estimate of drug-likeness (QED) is 0.176. The van der Waals surface area contributed by atoms with Crippen molar-refractivity contribution < 1.29 is 0 Å². The molecule has 8 bridgehead atoms. The molecular weight excluding hydrogens is 611 g/mol. The minimum atomic E-state index is 0.920. The van der Waals surface area contributed by atoms with E-state index in [0.29, 0.717) is 0 Å². The number of aryl methyl sites for hydroxylation is 6. The lowest BCUT2D eigenvalue weighted by Crippen LogP contribution is -2.00. The Morgan fingerprint density at radius 3 is 1.86 bits per heavy atom. The first kappa shape index (κ1) is 35.1. The Bertz CT molecular complexity index is 2190. The van der Waals surface area contributed by atoms with E-state index in [9.17, 15) is 0 Å². The molecule has 5 heteroatoms. The van der Waals surface area contributed by atoms with Crippen molar-refractivity contribution in [1.29, 1.82) is 0 Å². The van der Waals surface area contributed by atoms with Crippen molar-refractivity contribution in [2.75, 3.05) is 0 Å². The molecule has 0 atom stereocenters. The second kappa shape index (κ2) is 15.4. The largest absolute Gasteiger partial charge is 0.355 e. The van der Waals surface area contributed by atoms with Crippen LogP contribution in [-0.4, -0.2) is 24.5 Å². The molecule has 4 aromatic heterocycles. The van der Waals surface area contributed by atoms with E-state index in [1.165, 1.54) is 72.3 Å². The highest BCUT2D eigenvalue weighted by molar-refractivity contribution is 5.96. The fraction of sp³-hybridized carbons (Fsp3) is 0.356. The number of aromatic nitrogens is 5. The Labute approximate surface area is 298 Å². The van der Waals surface area contributed by atoms with Crippen LogP contribution in [-0.2, 0) is 38.6 Å². The van der Waals surface area contributed by atoms with Crippen molar-refractivity contribution in [2.45, 2.75) is 107 Å². The molecule has 0 spiro atoms. The predicted octanol–water partition coefficient (Wildman–Crippen LogP) is 11.8. The SMILES string of the molecule is CCC1=C(CC)c2nc1c(CC)c1[nH]c(cc3nc(cc4c(CC)c(CC)c(c2CC)n4CC)C=C3)cc1CC.c1ccc2ncccc2c1. The van der Waals surface area contributed by atoms with E-state index < -0.39 is 0 Å². The zero-order chi connectivity index (χ0) is 35.4. The van der Waals surface area contributed by atoms with Crippen LogP contribution in [0.2, 0.25) is 0 Å². The van der Waals surface area contributed by atoms with Crippen LogP contribution in [0, 0.1) is 0 Å². The fourth-order valence-corrected chi connectivity index (χ4v) is 8.08. The number of nitrogens with zero attached hydrogens (tertiary/aromatic N) is 4. The second-order valence-corrected chi connectivity index (χ2v) is 13.0. The third-order valence-electron chi connectivity index (χ3n) is 10.4. The smallest absolute Gasteiger partial charge is 0.0725 e. The molecule has 0 radical (unpaired) electrons. The van der Waals surface area contributed by atoms with Gasteiger partial charge in [-0.15, -0.1) is 0 Å². The molecule has 1 N–H and O–H groups in total. The summed E-state index contributed by atoms with van der Waals surface area (Å²) in [4.78, 5) is 18.6. The van der Waals surface area contributed by atoms with Gasteiger partial charge in [-0.25, -0.2) is 9.97 Å². The zero-order valence-electron chi connectivity index (χ0n) is 31.4. The average molecular weight is 664 g/mol. The molecule has 0 unspecified atom stereocenters. The van der Waals surface area contributed by atoms with E-state index in [2.05, 4.69) is 112 Å². The van der Waals surface area contributed by atoms with E-state index in [-0.39, 0.29) is 0 Å². The highest BCUT2D eigenvalue weighted by Crippen LogP contribution is 2.41. The number of fused-ring (bicyclic) bond motifs is 9. The fourth-order valence-electron chi connectivity index (χ4n) is 8.08. The molecule has 0 aliphatic carbocycles. The van der Waals surface area contributed by atoms with Crippen LogP contribution in [0.3, 0.4) is 0 Å². The van der Waals surface area contributed by atoms with Crippen molar-refractivity contribution in [3.8, 4) is 0 Å². The van der Waals surface area contributed by atoms with E-state index in [0.717, 1.165) is 73.9 Å². The number of allylic oxidation sites excluding steroid dienone is 2. The first-order valence-corrected chi connectivity index (χ1v) is 18.9. The number of H-pyrrole nitrogens is 1. The third-order valence-corrected chi connectivity index (χ3v) is 10.4. The summed E-state index contributed by atoms with van der Waals surface area (Å²) in [5.74, 6) is 0. The first-order valence-electron chi connectivity index (χ1n) is 18.9. The minimum absolute atomic E-state index is 0.920. The van der Waals surface area contributed by atoms with Crippen LogP contribution < -0.4 is 0 Å². The van der Waals surface area contributed by atoms with Gasteiger partial charge in [0.05, 0.1) is 33.8 Å². The van der Waals surface area contributed by atoms with Crippen LogP contribution in [0.5, 0.6) is 0 Å². The van der Waals surface area contributed by atoms with Crippen LogP contribution in [0.4, 0.5) is 0 Å². The number of para-hydroxylation sites is 1. The topological polar surface area (TPSA) is 59.4 Å². The number of rotatable bonds is 8. The van der Waals surface area contributed by atoms with Crippen LogP contribution in [0.1, 0.15) is 119 Å². The van der Waals surface area contributed by atoms with Crippen LogP contribution in [0.15, 0.2) is 60.8 Å². The maximum Gasteiger partial charge on any atom is 0.0725 e. The number of pyridine rings is 1. The van der Waals surface area contributed by atoms with Crippen LogP contribution >= 0.6 is 0 Å². The number of benzene rings is 1. The molecule has 258 valence electrons. The number of hydrogen-bond acceptors (Lipinski definition) is 3. The van der Waals surface area contributed by atoms with Crippen molar-refractivity contribution >= 4 is 56.3 Å². The molecule has 0 saturated carbocycles. The van der Waals surface area contributed by atoms with Gasteiger partial charge in [0.1, 0.15) is 0 Å². The molecule has 2 aliphatic heterocycles. The number of aromatic amines is 1. The Morgan fingerprint density at radius 2 is 1.24 bits per heavy atom. The van der Waals surface area contributed by atoms with Gasteiger partial charge in [0.15, 0.2) is 0 Å². The van der Waals surface area contributed by atoms with Gasteiger partial charge in [0.2, 0.25) is 0 Å². The van der Waals surface area contributed by atoms with Gasteiger partial charge < -0.3 is 9.55 Å². The van der Waals surface area contributed by atoms with Crippen LogP contribution in [0.25, 0.3) is 56.3 Å². The lowest BCUT2D eigenvalue weighted by Gasteiger charge is -2.11. The monoisotopic (exact) mass is 663 g/mol. The van der Waals surface area contributed by atoms with E-state index in [1.807, 2.05) is 30.5 Å². The van der Waals surface area contributed by atoms with Gasteiger partial charge in [-0.1, -0.05) is 72.7 Å². The van der Waals surface area contributed by atoms with Gasteiger partial charge in [-0.3, -0.25) is 4.98 Å². The number of nitrogens with one attached hydrogen (secondary N) is 1. The summed E-state index contributed by atoms with van der Waals surface area (Å²) >= 11 is 0. The van der Waals surface area contributed by atoms with Gasteiger partial charge in [-0.2, -0.15) is 0 Å². The maximum absolute atomic E-state index is 5.61. The first-order chi connectivity index (χ1) is 24.4. The molecule has 0 amide bonds. The maximum atomic E-state index is 5.61. The standard InChI is InChI=1S/C36H46N4.C9H7N/c1-9-22-19-25-20-23-17-18-24(37-23)21-32-26(10-2)29(13-5)36(40(32)16-8)31(15-7)35-28(12-4)27(11-3)34(39-35)30(14-6)33(22)38-25;1-2-6-9-8(4-1)5-3-7-10-9/h17-21,38H,9-16H2,1-8H3;1-7H. The molecular formula is C45H53N5. The van der Waals surface area contributed by atoms with Crippen molar-refractivity contribution in [3.05, 3.63) is 111 Å². The van der Waals surface area contributed by atoms with E-state index in [1.54, 1.807) is 0 Å².